The lowest BCUT2D eigenvalue weighted by Crippen LogP contribution is -1.88. The first-order chi connectivity index (χ1) is 9.24. The van der Waals surface area contributed by atoms with Crippen molar-refractivity contribution in [3.8, 4) is 11.4 Å². The summed E-state index contributed by atoms with van der Waals surface area (Å²) >= 11 is 0. The molecule has 0 spiro atoms. The molecule has 0 radical (unpaired) electrons. The van der Waals surface area contributed by atoms with Crippen LogP contribution in [0.4, 0.5) is 8.78 Å². The fourth-order valence-electron chi connectivity index (χ4n) is 2.10. The zero-order valence-electron chi connectivity index (χ0n) is 9.65. The summed E-state index contributed by atoms with van der Waals surface area (Å²) in [7, 11) is 0. The number of aromatic nitrogens is 4. The van der Waals surface area contributed by atoms with Gasteiger partial charge in [0.15, 0.2) is 5.82 Å². The summed E-state index contributed by atoms with van der Waals surface area (Å²) in [4.78, 5) is 3.36. The van der Waals surface area contributed by atoms with E-state index in [-0.39, 0.29) is 16.6 Å². The van der Waals surface area contributed by atoms with E-state index in [1.54, 1.807) is 6.07 Å². The van der Waals surface area contributed by atoms with E-state index in [0.717, 1.165) is 24.8 Å². The second-order valence-corrected chi connectivity index (χ2v) is 4.61. The van der Waals surface area contributed by atoms with Crippen LogP contribution in [0.2, 0.25) is 0 Å². The Hall–Kier alpha value is -2.31. The predicted molar refractivity (Wildman–Crippen MR) is 61.3 cm³/mol. The van der Waals surface area contributed by atoms with E-state index < -0.39 is 11.8 Å². The van der Waals surface area contributed by atoms with Crippen LogP contribution in [0.15, 0.2) is 16.8 Å². The molecule has 1 saturated carbocycles. The van der Waals surface area contributed by atoms with Gasteiger partial charge in [0.1, 0.15) is 22.7 Å². The van der Waals surface area contributed by atoms with E-state index in [1.807, 2.05) is 0 Å². The summed E-state index contributed by atoms with van der Waals surface area (Å²) in [5.41, 5.74) is 0.591. The van der Waals surface area contributed by atoms with E-state index in [1.165, 1.54) is 0 Å². The van der Waals surface area contributed by atoms with Gasteiger partial charge < -0.3 is 4.52 Å². The van der Waals surface area contributed by atoms with Crippen molar-refractivity contribution >= 4 is 10.9 Å². The van der Waals surface area contributed by atoms with Gasteiger partial charge in [-0.15, -0.1) is 0 Å². The molecule has 3 aromatic rings. The van der Waals surface area contributed by atoms with Gasteiger partial charge in [-0.3, -0.25) is 5.10 Å². The number of aromatic amines is 1. The predicted octanol–water partition coefficient (Wildman–Crippen LogP) is 2.77. The van der Waals surface area contributed by atoms with Crippen LogP contribution in [0.1, 0.15) is 24.5 Å². The standard InChI is InChI=1S/C12H8F2N4O/c13-6-4-15-12(14)9-10(6)16-17-11(9)7-3-8(19-18-7)5-1-2-5/h3-5H,1-2H2,(H,16,17). The molecule has 4 rings (SSSR count). The van der Waals surface area contributed by atoms with Crippen LogP contribution in [0, 0.1) is 11.8 Å². The second kappa shape index (κ2) is 3.59. The molecule has 3 aromatic heterocycles. The van der Waals surface area contributed by atoms with Gasteiger partial charge in [-0.1, -0.05) is 5.16 Å². The minimum atomic E-state index is -0.781. The lowest BCUT2D eigenvalue weighted by Gasteiger charge is -1.94. The van der Waals surface area contributed by atoms with Gasteiger partial charge in [0.05, 0.1) is 11.6 Å². The Morgan fingerprint density at radius 3 is 2.95 bits per heavy atom. The van der Waals surface area contributed by atoms with Crippen molar-refractivity contribution in [1.29, 1.82) is 0 Å². The molecule has 1 fully saturated rings. The van der Waals surface area contributed by atoms with Crippen molar-refractivity contribution in [3.05, 3.63) is 29.8 Å². The zero-order valence-corrected chi connectivity index (χ0v) is 9.65. The molecule has 0 saturated heterocycles. The van der Waals surface area contributed by atoms with E-state index in [4.69, 9.17) is 4.52 Å². The number of halogens is 2. The first-order valence-corrected chi connectivity index (χ1v) is 5.89. The normalized spacial score (nSPS) is 15.3. The summed E-state index contributed by atoms with van der Waals surface area (Å²) in [6, 6.07) is 1.72. The van der Waals surface area contributed by atoms with E-state index >= 15 is 0 Å². The highest BCUT2D eigenvalue weighted by atomic mass is 19.1. The van der Waals surface area contributed by atoms with Gasteiger partial charge in [-0.05, 0) is 12.8 Å². The number of nitrogens with zero attached hydrogens (tertiary/aromatic N) is 3. The maximum Gasteiger partial charge on any atom is 0.224 e. The summed E-state index contributed by atoms with van der Waals surface area (Å²) in [5, 5.41) is 10.2. The largest absolute Gasteiger partial charge is 0.360 e. The number of rotatable bonds is 2. The molecule has 0 amide bonds. The number of pyridine rings is 1. The SMILES string of the molecule is Fc1cnc(F)c2c(-c3cc(C4CC4)on3)n[nH]c12. The average molecular weight is 262 g/mol. The summed E-state index contributed by atoms with van der Waals surface area (Å²) in [5.74, 6) is -0.278. The molecule has 1 aliphatic carbocycles. The molecule has 3 heterocycles. The van der Waals surface area contributed by atoms with Crippen molar-refractivity contribution in [2.45, 2.75) is 18.8 Å². The van der Waals surface area contributed by atoms with Crippen molar-refractivity contribution < 1.29 is 13.3 Å². The fraction of sp³-hybridized carbons (Fsp3) is 0.250. The van der Waals surface area contributed by atoms with Crippen LogP contribution in [0.3, 0.4) is 0 Å². The van der Waals surface area contributed by atoms with Gasteiger partial charge in [0.25, 0.3) is 0 Å². The monoisotopic (exact) mass is 262 g/mol. The van der Waals surface area contributed by atoms with Crippen molar-refractivity contribution in [3.63, 3.8) is 0 Å². The Labute approximate surface area is 105 Å². The van der Waals surface area contributed by atoms with Gasteiger partial charge in [-0.2, -0.15) is 9.49 Å². The Balaban J connectivity index is 1.92. The third-order valence-corrected chi connectivity index (χ3v) is 3.25. The first-order valence-electron chi connectivity index (χ1n) is 5.89. The third kappa shape index (κ3) is 1.54. The van der Waals surface area contributed by atoms with Crippen molar-refractivity contribution in [2.75, 3.05) is 0 Å². The molecule has 5 nitrogen and oxygen atoms in total. The average Bonchev–Trinajstić information content (AvgIpc) is 2.98. The van der Waals surface area contributed by atoms with Crippen LogP contribution >= 0.6 is 0 Å². The molecule has 0 aromatic carbocycles. The van der Waals surface area contributed by atoms with Gasteiger partial charge in [0, 0.05) is 12.0 Å². The van der Waals surface area contributed by atoms with E-state index in [2.05, 4.69) is 20.3 Å². The van der Waals surface area contributed by atoms with E-state index in [0.29, 0.717) is 11.6 Å². The molecule has 0 aliphatic heterocycles. The van der Waals surface area contributed by atoms with Crippen LogP contribution in [0.5, 0.6) is 0 Å². The highest BCUT2D eigenvalue weighted by Crippen LogP contribution is 2.41. The third-order valence-electron chi connectivity index (χ3n) is 3.25. The molecular formula is C12H8F2N4O. The molecule has 19 heavy (non-hydrogen) atoms. The first kappa shape index (κ1) is 10.6. The molecule has 7 heteroatoms. The molecule has 1 aliphatic rings. The zero-order chi connectivity index (χ0) is 13.0. The van der Waals surface area contributed by atoms with Crippen LogP contribution in [-0.4, -0.2) is 20.3 Å². The Kier molecular flexibility index (Phi) is 2.01. The quantitative estimate of drug-likeness (QED) is 0.721. The van der Waals surface area contributed by atoms with Crippen molar-refractivity contribution in [2.24, 2.45) is 0 Å². The summed E-state index contributed by atoms with van der Waals surface area (Å²) in [6.45, 7) is 0. The molecule has 0 bridgehead atoms. The second-order valence-electron chi connectivity index (χ2n) is 4.61. The van der Waals surface area contributed by atoms with Crippen LogP contribution in [0.25, 0.3) is 22.3 Å². The molecule has 0 unspecified atom stereocenters. The molecular weight excluding hydrogens is 254 g/mol. The molecule has 1 N–H and O–H groups in total. The topological polar surface area (TPSA) is 67.6 Å². The number of hydrogen-bond acceptors (Lipinski definition) is 4. The number of fused-ring (bicyclic) bond motifs is 1. The number of nitrogens with one attached hydrogen (secondary N) is 1. The summed E-state index contributed by atoms with van der Waals surface area (Å²) in [6.07, 6.45) is 2.96. The summed E-state index contributed by atoms with van der Waals surface area (Å²) < 4.78 is 32.4. The minimum absolute atomic E-state index is 0.00403. The number of H-pyrrole nitrogens is 1. The fourth-order valence-corrected chi connectivity index (χ4v) is 2.10. The van der Waals surface area contributed by atoms with Gasteiger partial charge in [0.2, 0.25) is 5.95 Å². The Morgan fingerprint density at radius 2 is 2.16 bits per heavy atom. The molecule has 96 valence electrons. The Bertz CT molecular complexity index is 775. The lowest BCUT2D eigenvalue weighted by atomic mass is 10.2. The highest BCUT2D eigenvalue weighted by molar-refractivity contribution is 5.91. The minimum Gasteiger partial charge on any atom is -0.360 e. The Morgan fingerprint density at radius 1 is 1.32 bits per heavy atom. The van der Waals surface area contributed by atoms with Gasteiger partial charge >= 0.3 is 0 Å². The van der Waals surface area contributed by atoms with Crippen LogP contribution in [-0.2, 0) is 0 Å². The lowest BCUT2D eigenvalue weighted by molar-refractivity contribution is 0.386. The van der Waals surface area contributed by atoms with Crippen molar-refractivity contribution in [1.82, 2.24) is 20.3 Å². The highest BCUT2D eigenvalue weighted by Gasteiger charge is 2.29. The smallest absolute Gasteiger partial charge is 0.224 e. The van der Waals surface area contributed by atoms with Gasteiger partial charge in [-0.25, -0.2) is 9.37 Å². The maximum absolute atomic E-state index is 13.7. The maximum atomic E-state index is 13.7. The van der Waals surface area contributed by atoms with E-state index in [9.17, 15) is 8.78 Å². The molecule has 0 atom stereocenters. The van der Waals surface area contributed by atoms with Crippen LogP contribution < -0.4 is 0 Å². The number of hydrogen-bond donors (Lipinski definition) is 1.